The molecular weight excluding hydrogens is 386 g/mol. The standard InChI is InChI=1S/C23H25NO6/c1-16(25)24-10-2-3-17-4-7-19(8-5-17)20(26)15-30-23(27)14-18-6-9-21-22(13-18)29-12-11-28-21/h4-9,13H,2-3,10-12,14-15H2,1H3,(H,24,25). The SMILES string of the molecule is CC(=O)NCCCc1ccc(C(=O)COC(=O)Cc2ccc3c(c2)OCCO3)cc1. The summed E-state index contributed by atoms with van der Waals surface area (Å²) in [6, 6.07) is 12.5. The van der Waals surface area contributed by atoms with E-state index in [2.05, 4.69) is 5.32 Å². The van der Waals surface area contributed by atoms with Gasteiger partial charge >= 0.3 is 5.97 Å². The zero-order valence-corrected chi connectivity index (χ0v) is 16.9. The fourth-order valence-electron chi connectivity index (χ4n) is 3.06. The van der Waals surface area contributed by atoms with Gasteiger partial charge in [0.1, 0.15) is 13.2 Å². The molecule has 1 N–H and O–H groups in total. The van der Waals surface area contributed by atoms with Crippen molar-refractivity contribution in [2.75, 3.05) is 26.4 Å². The average Bonchev–Trinajstić information content (AvgIpc) is 2.75. The van der Waals surface area contributed by atoms with Crippen LogP contribution in [0.1, 0.15) is 34.8 Å². The molecule has 0 atom stereocenters. The maximum absolute atomic E-state index is 12.3. The van der Waals surface area contributed by atoms with Crippen molar-refractivity contribution in [2.24, 2.45) is 0 Å². The summed E-state index contributed by atoms with van der Waals surface area (Å²) in [7, 11) is 0. The molecule has 0 spiro atoms. The molecule has 0 saturated carbocycles. The summed E-state index contributed by atoms with van der Waals surface area (Å²) >= 11 is 0. The lowest BCUT2D eigenvalue weighted by atomic mass is 10.1. The number of hydrogen-bond acceptors (Lipinski definition) is 6. The van der Waals surface area contributed by atoms with Crippen molar-refractivity contribution in [3.8, 4) is 11.5 Å². The number of ether oxygens (including phenoxy) is 3. The van der Waals surface area contributed by atoms with Gasteiger partial charge in [-0.1, -0.05) is 30.3 Å². The minimum atomic E-state index is -0.477. The molecule has 0 fully saturated rings. The number of rotatable bonds is 9. The number of fused-ring (bicyclic) bond motifs is 1. The van der Waals surface area contributed by atoms with Crippen LogP contribution in [0.15, 0.2) is 42.5 Å². The number of nitrogens with one attached hydrogen (secondary N) is 1. The zero-order chi connectivity index (χ0) is 21.3. The first-order valence-electron chi connectivity index (χ1n) is 9.92. The number of esters is 1. The van der Waals surface area contributed by atoms with E-state index in [9.17, 15) is 14.4 Å². The molecule has 2 aromatic rings. The topological polar surface area (TPSA) is 90.9 Å². The van der Waals surface area contributed by atoms with Crippen molar-refractivity contribution in [1.82, 2.24) is 5.32 Å². The fourth-order valence-corrected chi connectivity index (χ4v) is 3.06. The van der Waals surface area contributed by atoms with Crippen molar-refractivity contribution < 1.29 is 28.6 Å². The molecule has 0 aromatic heterocycles. The van der Waals surface area contributed by atoms with Crippen molar-refractivity contribution in [3.05, 3.63) is 59.2 Å². The summed E-state index contributed by atoms with van der Waals surface area (Å²) < 4.78 is 16.1. The highest BCUT2D eigenvalue weighted by atomic mass is 16.6. The smallest absolute Gasteiger partial charge is 0.310 e. The Morgan fingerprint density at radius 3 is 2.40 bits per heavy atom. The summed E-state index contributed by atoms with van der Waals surface area (Å²) in [6.45, 7) is 2.79. The Morgan fingerprint density at radius 1 is 0.967 bits per heavy atom. The van der Waals surface area contributed by atoms with Crippen molar-refractivity contribution in [3.63, 3.8) is 0 Å². The summed E-state index contributed by atoms with van der Waals surface area (Å²) in [4.78, 5) is 35.2. The number of carbonyl (C=O) groups excluding carboxylic acids is 3. The predicted molar refractivity (Wildman–Crippen MR) is 110 cm³/mol. The minimum absolute atomic E-state index is 0.0422. The lowest BCUT2D eigenvalue weighted by Gasteiger charge is -2.18. The van der Waals surface area contributed by atoms with Gasteiger partial charge in [0.25, 0.3) is 0 Å². The van der Waals surface area contributed by atoms with Crippen LogP contribution < -0.4 is 14.8 Å². The van der Waals surface area contributed by atoms with E-state index < -0.39 is 5.97 Å². The largest absolute Gasteiger partial charge is 0.486 e. The van der Waals surface area contributed by atoms with Gasteiger partial charge < -0.3 is 19.5 Å². The third-order valence-corrected chi connectivity index (χ3v) is 4.61. The fraction of sp³-hybridized carbons (Fsp3) is 0.348. The molecule has 1 amide bonds. The number of carbonyl (C=O) groups is 3. The monoisotopic (exact) mass is 411 g/mol. The maximum atomic E-state index is 12.3. The van der Waals surface area contributed by atoms with Crippen LogP contribution in [0.25, 0.3) is 0 Å². The van der Waals surface area contributed by atoms with Crippen LogP contribution in [-0.4, -0.2) is 44.0 Å². The van der Waals surface area contributed by atoms with Crippen molar-refractivity contribution in [2.45, 2.75) is 26.2 Å². The maximum Gasteiger partial charge on any atom is 0.310 e. The van der Waals surface area contributed by atoms with Gasteiger partial charge in [0.05, 0.1) is 6.42 Å². The quantitative estimate of drug-likeness (QED) is 0.387. The molecule has 3 rings (SSSR count). The molecular formula is C23H25NO6. The van der Waals surface area contributed by atoms with E-state index in [4.69, 9.17) is 14.2 Å². The Balaban J connectivity index is 1.43. The normalized spacial score (nSPS) is 12.2. The highest BCUT2D eigenvalue weighted by molar-refractivity contribution is 5.98. The molecule has 1 aliphatic rings. The highest BCUT2D eigenvalue weighted by Crippen LogP contribution is 2.30. The lowest BCUT2D eigenvalue weighted by Crippen LogP contribution is -2.21. The molecule has 0 radical (unpaired) electrons. The van der Waals surface area contributed by atoms with Gasteiger partial charge in [-0.15, -0.1) is 0 Å². The molecule has 7 heteroatoms. The Hall–Kier alpha value is -3.35. The molecule has 7 nitrogen and oxygen atoms in total. The highest BCUT2D eigenvalue weighted by Gasteiger charge is 2.15. The van der Waals surface area contributed by atoms with E-state index >= 15 is 0 Å². The summed E-state index contributed by atoms with van der Waals surface area (Å²) in [5, 5.41) is 2.75. The molecule has 0 bridgehead atoms. The second-order valence-electron chi connectivity index (χ2n) is 7.02. The predicted octanol–water partition coefficient (Wildman–Crippen LogP) is 2.50. The summed E-state index contributed by atoms with van der Waals surface area (Å²) in [5.41, 5.74) is 2.31. The lowest BCUT2D eigenvalue weighted by molar-refractivity contribution is -0.141. The van der Waals surface area contributed by atoms with Crippen molar-refractivity contribution >= 4 is 17.7 Å². The van der Waals surface area contributed by atoms with Crippen molar-refractivity contribution in [1.29, 1.82) is 0 Å². The Bertz CT molecular complexity index is 906. The second kappa shape index (κ2) is 10.4. The van der Waals surface area contributed by atoms with Gasteiger partial charge in [-0.05, 0) is 36.1 Å². The first-order chi connectivity index (χ1) is 14.5. The van der Waals surface area contributed by atoms with E-state index in [1.807, 2.05) is 12.1 Å². The molecule has 1 aliphatic heterocycles. The minimum Gasteiger partial charge on any atom is -0.486 e. The third-order valence-electron chi connectivity index (χ3n) is 4.61. The van der Waals surface area contributed by atoms with Gasteiger partial charge in [0.2, 0.25) is 5.91 Å². The zero-order valence-electron chi connectivity index (χ0n) is 16.9. The van der Waals surface area contributed by atoms with E-state index in [-0.39, 0.29) is 24.7 Å². The van der Waals surface area contributed by atoms with Gasteiger partial charge in [-0.3, -0.25) is 14.4 Å². The number of hydrogen-bond donors (Lipinski definition) is 1. The Kier molecular flexibility index (Phi) is 7.43. The first kappa shape index (κ1) is 21.4. The number of amides is 1. The van der Waals surface area contributed by atoms with E-state index in [1.54, 1.807) is 30.3 Å². The third kappa shape index (κ3) is 6.34. The molecule has 2 aromatic carbocycles. The van der Waals surface area contributed by atoms with Crippen LogP contribution in [0.4, 0.5) is 0 Å². The second-order valence-corrected chi connectivity index (χ2v) is 7.02. The number of Topliss-reactive ketones (excluding diaryl/α,β-unsaturated/α-hetero) is 1. The van der Waals surface area contributed by atoms with Gasteiger partial charge in [-0.2, -0.15) is 0 Å². The van der Waals surface area contributed by atoms with Crippen LogP contribution >= 0.6 is 0 Å². The number of benzene rings is 2. The Labute approximate surface area is 175 Å². The Morgan fingerprint density at radius 2 is 1.67 bits per heavy atom. The van der Waals surface area contributed by atoms with Crippen LogP contribution in [0, 0.1) is 0 Å². The van der Waals surface area contributed by atoms with Gasteiger partial charge in [0.15, 0.2) is 23.9 Å². The average molecular weight is 411 g/mol. The molecule has 0 saturated heterocycles. The molecule has 0 aliphatic carbocycles. The number of ketones is 1. The molecule has 1 heterocycles. The number of aryl methyl sites for hydroxylation is 1. The van der Waals surface area contributed by atoms with Crippen LogP contribution in [0.2, 0.25) is 0 Å². The van der Waals surface area contributed by atoms with Crippen LogP contribution in [0.5, 0.6) is 11.5 Å². The first-order valence-corrected chi connectivity index (χ1v) is 9.92. The van der Waals surface area contributed by atoms with E-state index in [1.165, 1.54) is 6.92 Å². The van der Waals surface area contributed by atoms with Crippen LogP contribution in [0.3, 0.4) is 0 Å². The molecule has 158 valence electrons. The van der Waals surface area contributed by atoms with E-state index in [0.717, 1.165) is 24.0 Å². The van der Waals surface area contributed by atoms with Gasteiger partial charge in [0, 0.05) is 19.0 Å². The summed E-state index contributed by atoms with van der Waals surface area (Å²) in [5.74, 6) is 0.497. The molecule has 30 heavy (non-hydrogen) atoms. The van der Waals surface area contributed by atoms with Crippen LogP contribution in [-0.2, 0) is 27.2 Å². The summed E-state index contributed by atoms with van der Waals surface area (Å²) in [6.07, 6.45) is 1.68. The molecule has 0 unspecified atom stereocenters. The van der Waals surface area contributed by atoms with E-state index in [0.29, 0.717) is 36.8 Å². The van der Waals surface area contributed by atoms with Gasteiger partial charge in [-0.25, -0.2) is 0 Å².